The van der Waals surface area contributed by atoms with Gasteiger partial charge in [-0.05, 0) is 65.7 Å². The Bertz CT molecular complexity index is 644. The molecule has 4 nitrogen and oxygen atoms in total. The molecular weight excluding hydrogens is 356 g/mol. The number of halogens is 1. The van der Waals surface area contributed by atoms with Gasteiger partial charge in [-0.15, -0.1) is 0 Å². The Morgan fingerprint density at radius 3 is 2.52 bits per heavy atom. The van der Waals surface area contributed by atoms with Crippen LogP contribution in [0.4, 0.5) is 11.4 Å². The van der Waals surface area contributed by atoms with Crippen molar-refractivity contribution in [3.63, 3.8) is 0 Å². The van der Waals surface area contributed by atoms with Crippen LogP contribution in [0.15, 0.2) is 53.0 Å². The van der Waals surface area contributed by atoms with Crippen LogP contribution in [0.5, 0.6) is 5.75 Å². The van der Waals surface area contributed by atoms with Gasteiger partial charge in [0.15, 0.2) is 0 Å². The Morgan fingerprint density at radius 2 is 1.87 bits per heavy atom. The molecule has 2 rings (SSSR count). The number of carbonyl (C=O) groups excluding carboxylic acids is 1. The number of para-hydroxylation sites is 1. The molecule has 0 heterocycles. The number of nitrogens with one attached hydrogen (secondary N) is 2. The lowest BCUT2D eigenvalue weighted by Gasteiger charge is -2.13. The molecule has 0 aliphatic heterocycles. The summed E-state index contributed by atoms with van der Waals surface area (Å²) in [5.41, 5.74) is 1.64. The lowest BCUT2D eigenvalue weighted by molar-refractivity contribution is -0.114. The van der Waals surface area contributed by atoms with Gasteiger partial charge in [-0.1, -0.05) is 19.1 Å². The van der Waals surface area contributed by atoms with E-state index in [1.807, 2.05) is 55.5 Å². The van der Waals surface area contributed by atoms with Crippen molar-refractivity contribution in [2.24, 2.45) is 0 Å². The molecule has 0 saturated heterocycles. The van der Waals surface area contributed by atoms with Gasteiger partial charge < -0.3 is 15.4 Å². The maximum atomic E-state index is 12.0. The third kappa shape index (κ3) is 5.60. The lowest BCUT2D eigenvalue weighted by atomic mass is 10.2. The average Bonchev–Trinajstić information content (AvgIpc) is 2.56. The number of rotatable bonds is 7. The molecule has 122 valence electrons. The Labute approximate surface area is 145 Å². The normalized spacial score (nSPS) is 11.6. The molecule has 2 aromatic carbocycles. The highest BCUT2D eigenvalue weighted by atomic mass is 79.9. The van der Waals surface area contributed by atoms with Gasteiger partial charge in [0.25, 0.3) is 0 Å². The Morgan fingerprint density at radius 1 is 1.17 bits per heavy atom. The van der Waals surface area contributed by atoms with Crippen molar-refractivity contribution in [2.45, 2.75) is 26.4 Å². The van der Waals surface area contributed by atoms with E-state index in [0.717, 1.165) is 28.0 Å². The minimum Gasteiger partial charge on any atom is -0.491 e. The smallest absolute Gasteiger partial charge is 0.243 e. The molecule has 0 aliphatic rings. The molecule has 1 amide bonds. The summed E-state index contributed by atoms with van der Waals surface area (Å²) in [6, 6.07) is 15.1. The number of hydrogen-bond donors (Lipinski definition) is 2. The molecule has 0 fully saturated rings. The van der Waals surface area contributed by atoms with Gasteiger partial charge in [-0.25, -0.2) is 0 Å². The molecule has 0 aliphatic carbocycles. The highest BCUT2D eigenvalue weighted by Crippen LogP contribution is 2.21. The summed E-state index contributed by atoms with van der Waals surface area (Å²) in [4.78, 5) is 12.0. The Hall–Kier alpha value is -2.01. The molecule has 0 radical (unpaired) electrons. The van der Waals surface area contributed by atoms with Gasteiger partial charge in [0, 0.05) is 10.2 Å². The predicted octanol–water partition coefficient (Wildman–Crippen LogP) is 4.68. The number of carbonyl (C=O) groups is 1. The minimum atomic E-state index is -0.100. The van der Waals surface area contributed by atoms with E-state index in [1.54, 1.807) is 0 Å². The summed E-state index contributed by atoms with van der Waals surface area (Å²) in [5, 5.41) is 5.95. The van der Waals surface area contributed by atoms with Gasteiger partial charge >= 0.3 is 0 Å². The Balaban J connectivity index is 1.83. The van der Waals surface area contributed by atoms with Crippen molar-refractivity contribution in [3.05, 3.63) is 53.0 Å². The SMILES string of the molecule is CCC(C)Oc1ccc(NCC(=O)Nc2ccccc2Br)cc1. The highest BCUT2D eigenvalue weighted by molar-refractivity contribution is 9.10. The first-order chi connectivity index (χ1) is 11.1. The van der Waals surface area contributed by atoms with E-state index < -0.39 is 0 Å². The molecule has 5 heteroatoms. The van der Waals surface area contributed by atoms with E-state index in [4.69, 9.17) is 4.74 Å². The van der Waals surface area contributed by atoms with Gasteiger partial charge in [-0.2, -0.15) is 0 Å². The van der Waals surface area contributed by atoms with E-state index in [0.29, 0.717) is 0 Å². The van der Waals surface area contributed by atoms with E-state index in [9.17, 15) is 4.79 Å². The van der Waals surface area contributed by atoms with Crippen molar-refractivity contribution >= 4 is 33.2 Å². The third-order valence-electron chi connectivity index (χ3n) is 3.37. The monoisotopic (exact) mass is 376 g/mol. The summed E-state index contributed by atoms with van der Waals surface area (Å²) in [6.07, 6.45) is 1.17. The van der Waals surface area contributed by atoms with Crippen LogP contribution >= 0.6 is 15.9 Å². The van der Waals surface area contributed by atoms with E-state index in [-0.39, 0.29) is 18.6 Å². The topological polar surface area (TPSA) is 50.4 Å². The second-order valence-corrected chi connectivity index (χ2v) is 6.10. The fourth-order valence-corrected chi connectivity index (χ4v) is 2.29. The van der Waals surface area contributed by atoms with Gasteiger partial charge in [0.2, 0.25) is 5.91 Å². The molecule has 1 atom stereocenters. The van der Waals surface area contributed by atoms with Crippen LogP contribution in [0, 0.1) is 0 Å². The first kappa shape index (κ1) is 17.3. The summed E-state index contributed by atoms with van der Waals surface area (Å²) in [5.74, 6) is 0.736. The predicted molar refractivity (Wildman–Crippen MR) is 98.1 cm³/mol. The molecule has 0 bridgehead atoms. The zero-order valence-electron chi connectivity index (χ0n) is 13.3. The van der Waals surface area contributed by atoms with Crippen LogP contribution < -0.4 is 15.4 Å². The number of amides is 1. The maximum absolute atomic E-state index is 12.0. The third-order valence-corrected chi connectivity index (χ3v) is 4.06. The number of anilines is 2. The summed E-state index contributed by atoms with van der Waals surface area (Å²) in [6.45, 7) is 4.33. The van der Waals surface area contributed by atoms with Crippen LogP contribution in [-0.4, -0.2) is 18.6 Å². The highest BCUT2D eigenvalue weighted by Gasteiger charge is 2.05. The Kier molecular flexibility index (Phi) is 6.47. The van der Waals surface area contributed by atoms with Gasteiger partial charge in [0.05, 0.1) is 18.3 Å². The molecule has 2 N–H and O–H groups in total. The molecule has 1 unspecified atom stereocenters. The van der Waals surface area contributed by atoms with Crippen LogP contribution in [-0.2, 0) is 4.79 Å². The quantitative estimate of drug-likeness (QED) is 0.737. The fourth-order valence-electron chi connectivity index (χ4n) is 1.91. The maximum Gasteiger partial charge on any atom is 0.243 e. The zero-order valence-corrected chi connectivity index (χ0v) is 14.9. The average molecular weight is 377 g/mol. The molecule has 0 spiro atoms. The number of benzene rings is 2. The van der Waals surface area contributed by atoms with Crippen LogP contribution in [0.25, 0.3) is 0 Å². The first-order valence-corrected chi connectivity index (χ1v) is 8.42. The van der Waals surface area contributed by atoms with Crippen LogP contribution in [0.1, 0.15) is 20.3 Å². The van der Waals surface area contributed by atoms with E-state index in [1.165, 1.54) is 0 Å². The second kappa shape index (κ2) is 8.58. The molecule has 2 aromatic rings. The second-order valence-electron chi connectivity index (χ2n) is 5.24. The minimum absolute atomic E-state index is 0.100. The molecule has 0 saturated carbocycles. The van der Waals surface area contributed by atoms with Crippen molar-refractivity contribution in [1.82, 2.24) is 0 Å². The lowest BCUT2D eigenvalue weighted by Crippen LogP contribution is -2.21. The van der Waals surface area contributed by atoms with Crippen LogP contribution in [0.3, 0.4) is 0 Å². The molecule has 23 heavy (non-hydrogen) atoms. The van der Waals surface area contributed by atoms with Crippen LogP contribution in [0.2, 0.25) is 0 Å². The van der Waals surface area contributed by atoms with Crippen molar-refractivity contribution in [1.29, 1.82) is 0 Å². The molecular formula is C18H21BrN2O2. The van der Waals surface area contributed by atoms with E-state index >= 15 is 0 Å². The summed E-state index contributed by atoms with van der Waals surface area (Å²) >= 11 is 3.41. The van der Waals surface area contributed by atoms with Crippen molar-refractivity contribution < 1.29 is 9.53 Å². The van der Waals surface area contributed by atoms with Gasteiger partial charge in [0.1, 0.15) is 5.75 Å². The fraction of sp³-hybridized carbons (Fsp3) is 0.278. The largest absolute Gasteiger partial charge is 0.491 e. The summed E-state index contributed by atoms with van der Waals surface area (Å²) in [7, 11) is 0. The van der Waals surface area contributed by atoms with Crippen molar-refractivity contribution in [2.75, 3.05) is 17.2 Å². The van der Waals surface area contributed by atoms with Crippen molar-refractivity contribution in [3.8, 4) is 5.75 Å². The molecule has 0 aromatic heterocycles. The zero-order chi connectivity index (χ0) is 16.7. The standard InChI is InChI=1S/C18H21BrN2O2/c1-3-13(2)23-15-10-8-14(9-11-15)20-12-18(22)21-17-7-5-4-6-16(17)19/h4-11,13,20H,3,12H2,1-2H3,(H,21,22). The first-order valence-electron chi connectivity index (χ1n) is 7.63. The van der Waals surface area contributed by atoms with E-state index in [2.05, 4.69) is 33.5 Å². The summed E-state index contributed by atoms with van der Waals surface area (Å²) < 4.78 is 6.58. The number of ether oxygens (including phenoxy) is 1. The number of hydrogen-bond acceptors (Lipinski definition) is 3. The van der Waals surface area contributed by atoms with Gasteiger partial charge in [-0.3, -0.25) is 4.79 Å².